The molecule has 0 fully saturated rings. The molecule has 0 unspecified atom stereocenters. The highest BCUT2D eigenvalue weighted by Gasteiger charge is 2.16. The molecule has 4 heteroatoms. The van der Waals surface area contributed by atoms with E-state index < -0.39 is 0 Å². The van der Waals surface area contributed by atoms with Crippen LogP contribution in [0.4, 0.5) is 0 Å². The van der Waals surface area contributed by atoms with E-state index in [2.05, 4.69) is 194 Å². The van der Waals surface area contributed by atoms with Crippen molar-refractivity contribution in [2.45, 2.75) is 0 Å². The second kappa shape index (κ2) is 14.3. The molecular formula is C52H34N4. The summed E-state index contributed by atoms with van der Waals surface area (Å²) in [6, 6.07) is 71.7. The molecule has 10 aromatic rings. The Morgan fingerprint density at radius 3 is 1.16 bits per heavy atom. The van der Waals surface area contributed by atoms with Gasteiger partial charge in [-0.1, -0.05) is 194 Å². The lowest BCUT2D eigenvalue weighted by molar-refractivity contribution is 1.07. The van der Waals surface area contributed by atoms with E-state index in [4.69, 9.17) is 19.9 Å². The van der Waals surface area contributed by atoms with E-state index in [1.54, 1.807) is 0 Å². The lowest BCUT2D eigenvalue weighted by Gasteiger charge is -2.13. The molecule has 0 spiro atoms. The molecule has 262 valence electrons. The third kappa shape index (κ3) is 6.40. The molecule has 0 saturated carbocycles. The molecule has 0 aliphatic rings. The number of hydrogen-bond donors (Lipinski definition) is 0. The van der Waals surface area contributed by atoms with Gasteiger partial charge in [0.1, 0.15) is 0 Å². The van der Waals surface area contributed by atoms with Gasteiger partial charge in [-0.15, -0.1) is 0 Å². The molecule has 0 saturated heterocycles. The standard InChI is InChI=1S/C52H34N4/c1-4-12-35(13-5-1)37-20-26-42(27-21-37)50-54-51(43-28-22-38(23-29-43)36-14-6-2-7-15-36)56-52(55-50)44-30-24-41(25-31-44)48-34-46(39-16-8-3-9-17-39)49-45-19-11-10-18-40(45)32-33-47(49)53-48/h1-34H. The van der Waals surface area contributed by atoms with Crippen molar-refractivity contribution in [3.05, 3.63) is 206 Å². The van der Waals surface area contributed by atoms with E-state index in [9.17, 15) is 0 Å². The van der Waals surface area contributed by atoms with E-state index >= 15 is 0 Å². The molecule has 0 N–H and O–H groups in total. The van der Waals surface area contributed by atoms with Gasteiger partial charge in [0.25, 0.3) is 0 Å². The number of fused-ring (bicyclic) bond motifs is 3. The maximum atomic E-state index is 5.21. The van der Waals surface area contributed by atoms with E-state index in [0.29, 0.717) is 17.5 Å². The highest BCUT2D eigenvalue weighted by molar-refractivity contribution is 6.13. The van der Waals surface area contributed by atoms with Crippen LogP contribution in [0.5, 0.6) is 0 Å². The molecule has 56 heavy (non-hydrogen) atoms. The van der Waals surface area contributed by atoms with Gasteiger partial charge in [0, 0.05) is 27.6 Å². The Bertz CT molecular complexity index is 2860. The molecule has 0 amide bonds. The van der Waals surface area contributed by atoms with Gasteiger partial charge in [0.2, 0.25) is 0 Å². The van der Waals surface area contributed by atoms with Crippen molar-refractivity contribution >= 4 is 21.7 Å². The van der Waals surface area contributed by atoms with Gasteiger partial charge in [-0.05, 0) is 56.3 Å². The smallest absolute Gasteiger partial charge is 0.164 e. The summed E-state index contributed by atoms with van der Waals surface area (Å²) in [5.74, 6) is 1.85. The average molecular weight is 715 g/mol. The number of pyridine rings is 1. The quantitative estimate of drug-likeness (QED) is 0.154. The Morgan fingerprint density at radius 2 is 0.661 bits per heavy atom. The fourth-order valence-electron chi connectivity index (χ4n) is 7.44. The van der Waals surface area contributed by atoms with E-state index in [-0.39, 0.29) is 0 Å². The van der Waals surface area contributed by atoms with Crippen molar-refractivity contribution in [1.82, 2.24) is 19.9 Å². The first-order valence-electron chi connectivity index (χ1n) is 18.8. The summed E-state index contributed by atoms with van der Waals surface area (Å²) in [6.07, 6.45) is 0. The summed E-state index contributed by atoms with van der Waals surface area (Å²) in [5, 5.41) is 3.56. The third-order valence-electron chi connectivity index (χ3n) is 10.4. The first-order valence-corrected chi connectivity index (χ1v) is 18.8. The minimum Gasteiger partial charge on any atom is -0.248 e. The molecule has 0 bridgehead atoms. The number of rotatable bonds is 7. The maximum absolute atomic E-state index is 5.21. The van der Waals surface area contributed by atoms with Crippen molar-refractivity contribution in [2.24, 2.45) is 0 Å². The number of benzene rings is 8. The molecule has 8 aromatic carbocycles. The van der Waals surface area contributed by atoms with Crippen LogP contribution in [-0.4, -0.2) is 19.9 Å². The largest absolute Gasteiger partial charge is 0.248 e. The van der Waals surface area contributed by atoms with Gasteiger partial charge in [-0.2, -0.15) is 0 Å². The van der Waals surface area contributed by atoms with Crippen molar-refractivity contribution in [3.8, 4) is 78.8 Å². The second-order valence-electron chi connectivity index (χ2n) is 13.9. The lowest BCUT2D eigenvalue weighted by Crippen LogP contribution is -2.00. The van der Waals surface area contributed by atoms with Gasteiger partial charge in [-0.3, -0.25) is 0 Å². The highest BCUT2D eigenvalue weighted by atomic mass is 15.0. The molecule has 0 radical (unpaired) electrons. The van der Waals surface area contributed by atoms with Gasteiger partial charge < -0.3 is 0 Å². The first-order chi connectivity index (χ1) is 27.7. The summed E-state index contributed by atoms with van der Waals surface area (Å²) < 4.78 is 0. The lowest BCUT2D eigenvalue weighted by atomic mass is 9.94. The van der Waals surface area contributed by atoms with Crippen LogP contribution >= 0.6 is 0 Å². The predicted molar refractivity (Wildman–Crippen MR) is 231 cm³/mol. The zero-order valence-corrected chi connectivity index (χ0v) is 30.4. The van der Waals surface area contributed by atoms with Crippen LogP contribution in [0.15, 0.2) is 206 Å². The van der Waals surface area contributed by atoms with Crippen LogP contribution < -0.4 is 0 Å². The predicted octanol–water partition coefficient (Wildman–Crippen LogP) is 13.2. The fourth-order valence-corrected chi connectivity index (χ4v) is 7.44. The van der Waals surface area contributed by atoms with Crippen LogP contribution in [0.3, 0.4) is 0 Å². The molecule has 10 rings (SSSR count). The van der Waals surface area contributed by atoms with Gasteiger partial charge in [0.05, 0.1) is 11.2 Å². The Labute approximate surface area is 325 Å². The van der Waals surface area contributed by atoms with Gasteiger partial charge in [-0.25, -0.2) is 19.9 Å². The number of aromatic nitrogens is 4. The Kier molecular flexibility index (Phi) is 8.47. The van der Waals surface area contributed by atoms with Crippen molar-refractivity contribution in [3.63, 3.8) is 0 Å². The van der Waals surface area contributed by atoms with E-state index in [0.717, 1.165) is 61.1 Å². The SMILES string of the molecule is c1ccc(-c2ccc(-c3nc(-c4ccc(-c5ccccc5)cc4)nc(-c4ccc(-c5cc(-c6ccccc6)c6c(ccc7ccccc76)n5)cc4)n3)cc2)cc1. The highest BCUT2D eigenvalue weighted by Crippen LogP contribution is 2.37. The van der Waals surface area contributed by atoms with Crippen LogP contribution in [0.25, 0.3) is 100 Å². The Morgan fingerprint density at radius 1 is 0.268 bits per heavy atom. The van der Waals surface area contributed by atoms with Crippen LogP contribution in [0, 0.1) is 0 Å². The molecule has 4 nitrogen and oxygen atoms in total. The Hall–Kier alpha value is -7.56. The summed E-state index contributed by atoms with van der Waals surface area (Å²) in [6.45, 7) is 0. The summed E-state index contributed by atoms with van der Waals surface area (Å²) in [4.78, 5) is 20.3. The van der Waals surface area contributed by atoms with Gasteiger partial charge >= 0.3 is 0 Å². The average Bonchev–Trinajstić information content (AvgIpc) is 3.29. The molecule has 0 aliphatic heterocycles. The van der Waals surface area contributed by atoms with Crippen LogP contribution in [-0.2, 0) is 0 Å². The van der Waals surface area contributed by atoms with E-state index in [1.807, 2.05) is 12.1 Å². The van der Waals surface area contributed by atoms with Crippen LogP contribution in [0.1, 0.15) is 0 Å². The molecule has 0 aliphatic carbocycles. The molecule has 2 heterocycles. The van der Waals surface area contributed by atoms with Crippen molar-refractivity contribution in [1.29, 1.82) is 0 Å². The summed E-state index contributed by atoms with van der Waals surface area (Å²) in [5.41, 5.74) is 12.6. The summed E-state index contributed by atoms with van der Waals surface area (Å²) >= 11 is 0. The first kappa shape index (κ1) is 33.0. The van der Waals surface area contributed by atoms with Crippen molar-refractivity contribution < 1.29 is 0 Å². The molecule has 2 aromatic heterocycles. The second-order valence-corrected chi connectivity index (χ2v) is 13.9. The van der Waals surface area contributed by atoms with Crippen LogP contribution in [0.2, 0.25) is 0 Å². The zero-order valence-electron chi connectivity index (χ0n) is 30.4. The van der Waals surface area contributed by atoms with Crippen molar-refractivity contribution in [2.75, 3.05) is 0 Å². The monoisotopic (exact) mass is 714 g/mol. The fraction of sp³-hybridized carbons (Fsp3) is 0. The van der Waals surface area contributed by atoms with Gasteiger partial charge in [0.15, 0.2) is 17.5 Å². The summed E-state index contributed by atoms with van der Waals surface area (Å²) in [7, 11) is 0. The third-order valence-corrected chi connectivity index (χ3v) is 10.4. The minimum absolute atomic E-state index is 0.610. The normalized spacial score (nSPS) is 11.2. The minimum atomic E-state index is 0.610. The maximum Gasteiger partial charge on any atom is 0.164 e. The zero-order chi connectivity index (χ0) is 37.3. The topological polar surface area (TPSA) is 51.6 Å². The molecular weight excluding hydrogens is 681 g/mol. The number of nitrogens with zero attached hydrogens (tertiary/aromatic N) is 4. The Balaban J connectivity index is 1.06. The van der Waals surface area contributed by atoms with E-state index in [1.165, 1.54) is 21.9 Å². The molecule has 0 atom stereocenters. The number of hydrogen-bond acceptors (Lipinski definition) is 4.